The summed E-state index contributed by atoms with van der Waals surface area (Å²) in [7, 11) is 3.13. The van der Waals surface area contributed by atoms with Crippen molar-refractivity contribution in [3.05, 3.63) is 69.9 Å². The van der Waals surface area contributed by atoms with Gasteiger partial charge in [0, 0.05) is 24.6 Å². The molecule has 0 bridgehead atoms. The number of hydrogen-bond donors (Lipinski definition) is 1. The molecule has 1 heterocycles. The quantitative estimate of drug-likeness (QED) is 0.448. The zero-order valence-electron chi connectivity index (χ0n) is 16.9. The van der Waals surface area contributed by atoms with Crippen molar-refractivity contribution in [3.63, 3.8) is 0 Å². The van der Waals surface area contributed by atoms with E-state index >= 15 is 0 Å². The number of aryl methyl sites for hydroxylation is 2. The normalized spacial score (nSPS) is 10.5. The number of carbonyl (C=O) groups excluding carboxylic acids is 1. The third-order valence-electron chi connectivity index (χ3n) is 4.51. The van der Waals surface area contributed by atoms with Crippen molar-refractivity contribution in [2.24, 2.45) is 0 Å². The summed E-state index contributed by atoms with van der Waals surface area (Å²) in [6.45, 7) is 1.80. The molecule has 0 unspecified atom stereocenters. The van der Waals surface area contributed by atoms with Crippen molar-refractivity contribution in [2.45, 2.75) is 19.8 Å². The Kier molecular flexibility index (Phi) is 6.31. The monoisotopic (exact) mass is 410 g/mol. The lowest BCUT2D eigenvalue weighted by molar-refractivity contribution is -0.384. The van der Waals surface area contributed by atoms with Gasteiger partial charge in [-0.2, -0.15) is 5.10 Å². The maximum Gasteiger partial charge on any atom is 0.269 e. The summed E-state index contributed by atoms with van der Waals surface area (Å²) in [6.07, 6.45) is 0.699. The van der Waals surface area contributed by atoms with Gasteiger partial charge in [0.25, 0.3) is 5.69 Å². The predicted octanol–water partition coefficient (Wildman–Crippen LogP) is 3.68. The van der Waals surface area contributed by atoms with E-state index in [1.807, 2.05) is 12.1 Å². The van der Waals surface area contributed by atoms with Crippen LogP contribution in [-0.4, -0.2) is 34.8 Å². The number of anilines is 1. The fourth-order valence-corrected chi connectivity index (χ4v) is 3.10. The van der Waals surface area contributed by atoms with E-state index in [0.29, 0.717) is 35.1 Å². The minimum absolute atomic E-state index is 0.0135. The number of carbonyl (C=O) groups is 1. The molecule has 0 aliphatic carbocycles. The van der Waals surface area contributed by atoms with Crippen LogP contribution in [0.4, 0.5) is 11.5 Å². The number of rotatable bonds is 8. The number of nitro groups is 1. The molecule has 9 nitrogen and oxygen atoms in total. The Morgan fingerprint density at radius 3 is 2.53 bits per heavy atom. The fraction of sp³-hybridized carbons (Fsp3) is 0.238. The number of benzene rings is 2. The van der Waals surface area contributed by atoms with E-state index in [2.05, 4.69) is 10.4 Å². The average Bonchev–Trinajstić information content (AvgIpc) is 3.11. The number of nitrogens with zero attached hydrogens (tertiary/aromatic N) is 3. The van der Waals surface area contributed by atoms with Crippen LogP contribution >= 0.6 is 0 Å². The van der Waals surface area contributed by atoms with Crippen LogP contribution in [-0.2, 0) is 11.2 Å². The SMILES string of the molecule is COc1cccc(CCC(=O)Nc2cc(C)nn2-c2ccc([N+](=O)[O-])cc2)c1OC. The van der Waals surface area contributed by atoms with Gasteiger partial charge in [-0.3, -0.25) is 14.9 Å². The lowest BCUT2D eigenvalue weighted by atomic mass is 10.1. The number of methoxy groups -OCH3 is 2. The second kappa shape index (κ2) is 9.08. The number of nitro benzene ring substituents is 1. The summed E-state index contributed by atoms with van der Waals surface area (Å²) >= 11 is 0. The Labute approximate surface area is 173 Å². The molecule has 1 aromatic heterocycles. The highest BCUT2D eigenvalue weighted by Crippen LogP contribution is 2.31. The highest BCUT2D eigenvalue weighted by Gasteiger charge is 2.15. The Bertz CT molecular complexity index is 1060. The van der Waals surface area contributed by atoms with Crippen LogP contribution in [0.5, 0.6) is 11.5 Å². The lowest BCUT2D eigenvalue weighted by Gasteiger charge is -2.13. The van der Waals surface area contributed by atoms with Crippen LogP contribution in [0.3, 0.4) is 0 Å². The summed E-state index contributed by atoms with van der Waals surface area (Å²) in [6, 6.07) is 13.2. The first-order valence-electron chi connectivity index (χ1n) is 9.24. The van der Waals surface area contributed by atoms with Crippen molar-refractivity contribution < 1.29 is 19.2 Å². The van der Waals surface area contributed by atoms with Gasteiger partial charge in [-0.1, -0.05) is 12.1 Å². The molecule has 3 aromatic rings. The maximum absolute atomic E-state index is 12.6. The van der Waals surface area contributed by atoms with Gasteiger partial charge in [0.2, 0.25) is 5.91 Å². The van der Waals surface area contributed by atoms with Crippen molar-refractivity contribution in [1.29, 1.82) is 0 Å². The molecule has 0 aliphatic rings. The van der Waals surface area contributed by atoms with Gasteiger partial charge >= 0.3 is 0 Å². The molecule has 0 fully saturated rings. The molecule has 0 saturated carbocycles. The molecule has 1 N–H and O–H groups in total. The molecular formula is C21H22N4O5. The molecule has 3 rings (SSSR count). The standard InChI is InChI=1S/C21H22N4O5/c1-14-13-19(24(23-14)16-8-10-17(11-9-16)25(27)28)22-20(26)12-7-15-5-4-6-18(29-2)21(15)30-3/h4-6,8-11,13H,7,12H2,1-3H3,(H,22,26). The van der Waals surface area contributed by atoms with Crippen LogP contribution in [0, 0.1) is 17.0 Å². The Balaban J connectivity index is 1.73. The van der Waals surface area contributed by atoms with Crippen molar-refractivity contribution in [3.8, 4) is 17.2 Å². The van der Waals surface area contributed by atoms with Crippen LogP contribution < -0.4 is 14.8 Å². The molecule has 9 heteroatoms. The van der Waals surface area contributed by atoms with Crippen LogP contribution in [0.15, 0.2) is 48.5 Å². The molecule has 0 aliphatic heterocycles. The molecular weight excluding hydrogens is 388 g/mol. The van der Waals surface area contributed by atoms with Crippen molar-refractivity contribution in [1.82, 2.24) is 9.78 Å². The van der Waals surface area contributed by atoms with Gasteiger partial charge < -0.3 is 14.8 Å². The summed E-state index contributed by atoms with van der Waals surface area (Å²) < 4.78 is 12.2. The number of nitrogens with one attached hydrogen (secondary N) is 1. The first-order chi connectivity index (χ1) is 14.4. The minimum atomic E-state index is -0.465. The first kappa shape index (κ1) is 20.8. The topological polar surface area (TPSA) is 109 Å². The van der Waals surface area contributed by atoms with Gasteiger partial charge in [-0.25, -0.2) is 4.68 Å². The van der Waals surface area contributed by atoms with Crippen molar-refractivity contribution >= 4 is 17.4 Å². The smallest absolute Gasteiger partial charge is 0.269 e. The van der Waals surface area contributed by atoms with E-state index in [9.17, 15) is 14.9 Å². The molecule has 0 saturated heterocycles. The largest absolute Gasteiger partial charge is 0.493 e. The zero-order chi connectivity index (χ0) is 21.7. The van der Waals surface area contributed by atoms with Crippen molar-refractivity contribution in [2.75, 3.05) is 19.5 Å². The third kappa shape index (κ3) is 4.57. The van der Waals surface area contributed by atoms with Crippen LogP contribution in [0.1, 0.15) is 17.7 Å². The third-order valence-corrected chi connectivity index (χ3v) is 4.51. The van der Waals surface area contributed by atoms with E-state index < -0.39 is 4.92 Å². The molecule has 1 amide bonds. The predicted molar refractivity (Wildman–Crippen MR) is 111 cm³/mol. The lowest BCUT2D eigenvalue weighted by Crippen LogP contribution is -2.15. The van der Waals surface area contributed by atoms with Crippen LogP contribution in [0.25, 0.3) is 5.69 Å². The minimum Gasteiger partial charge on any atom is -0.493 e. The molecule has 0 spiro atoms. The molecule has 0 radical (unpaired) electrons. The summed E-state index contributed by atoms with van der Waals surface area (Å²) in [5.74, 6) is 1.52. The first-order valence-corrected chi connectivity index (χ1v) is 9.24. The van der Waals surface area contributed by atoms with E-state index in [-0.39, 0.29) is 18.0 Å². The van der Waals surface area contributed by atoms with Crippen LogP contribution in [0.2, 0.25) is 0 Å². The van der Waals surface area contributed by atoms with Gasteiger partial charge in [0.1, 0.15) is 5.82 Å². The van der Waals surface area contributed by atoms with E-state index in [0.717, 1.165) is 5.56 Å². The van der Waals surface area contributed by atoms with E-state index in [1.165, 1.54) is 12.1 Å². The number of aromatic nitrogens is 2. The van der Waals surface area contributed by atoms with E-state index in [1.54, 1.807) is 50.1 Å². The number of non-ortho nitro benzene ring substituents is 1. The number of ether oxygens (including phenoxy) is 2. The molecule has 2 aromatic carbocycles. The highest BCUT2D eigenvalue weighted by atomic mass is 16.6. The summed E-state index contributed by atoms with van der Waals surface area (Å²) in [4.78, 5) is 22.9. The van der Waals surface area contributed by atoms with E-state index in [4.69, 9.17) is 9.47 Å². The number of amides is 1. The summed E-state index contributed by atoms with van der Waals surface area (Å²) in [5.41, 5.74) is 2.17. The fourth-order valence-electron chi connectivity index (χ4n) is 3.10. The second-order valence-electron chi connectivity index (χ2n) is 6.56. The molecule has 0 atom stereocenters. The highest BCUT2D eigenvalue weighted by molar-refractivity contribution is 5.90. The van der Waals surface area contributed by atoms with Gasteiger partial charge in [-0.05, 0) is 37.1 Å². The van der Waals surface area contributed by atoms with Gasteiger partial charge in [-0.15, -0.1) is 0 Å². The molecule has 156 valence electrons. The Morgan fingerprint density at radius 1 is 1.17 bits per heavy atom. The molecule has 30 heavy (non-hydrogen) atoms. The average molecular weight is 410 g/mol. The summed E-state index contributed by atoms with van der Waals surface area (Å²) in [5, 5.41) is 18.1. The van der Waals surface area contributed by atoms with Gasteiger partial charge in [0.05, 0.1) is 30.5 Å². The Morgan fingerprint density at radius 2 is 1.90 bits per heavy atom. The number of hydrogen-bond acceptors (Lipinski definition) is 6. The maximum atomic E-state index is 12.6. The zero-order valence-corrected chi connectivity index (χ0v) is 16.9. The number of para-hydroxylation sites is 1. The van der Waals surface area contributed by atoms with Gasteiger partial charge in [0.15, 0.2) is 11.5 Å². The Hall–Kier alpha value is -3.88. The second-order valence-corrected chi connectivity index (χ2v) is 6.56.